The summed E-state index contributed by atoms with van der Waals surface area (Å²) in [7, 11) is 1.49. The highest BCUT2D eigenvalue weighted by molar-refractivity contribution is 5.66. The highest BCUT2D eigenvalue weighted by atomic mass is 16.6. The zero-order chi connectivity index (χ0) is 24.4. The molecule has 3 N–H and O–H groups in total. The van der Waals surface area contributed by atoms with Crippen LogP contribution in [0.1, 0.15) is 71.3 Å². The SMILES string of the molecule is CCCCCC(CC(OC(C)=O)C1(Cc2ccc(O)c(OC)c2)CCNC(O)C1)OC(C)=O. The van der Waals surface area contributed by atoms with Crippen molar-refractivity contribution in [1.82, 2.24) is 5.32 Å². The Labute approximate surface area is 196 Å². The number of aliphatic hydroxyl groups excluding tert-OH is 1. The lowest BCUT2D eigenvalue weighted by Gasteiger charge is -2.45. The number of phenols is 1. The summed E-state index contributed by atoms with van der Waals surface area (Å²) < 4.78 is 16.7. The number of ether oxygens (including phenoxy) is 3. The highest BCUT2D eigenvalue weighted by Gasteiger charge is 2.45. The quantitative estimate of drug-likeness (QED) is 0.318. The molecule has 2 rings (SSSR count). The molecule has 1 aromatic carbocycles. The maximum absolute atomic E-state index is 12.1. The van der Waals surface area contributed by atoms with Gasteiger partial charge in [0.2, 0.25) is 0 Å². The number of carbonyl (C=O) groups is 2. The molecule has 1 aliphatic heterocycles. The standard InChI is InChI=1S/C25H39NO7/c1-5-6-7-8-20(32-17(2)27)14-23(33-18(3)28)25(11-12-26-24(30)16-25)15-19-9-10-21(29)22(13-19)31-4/h9-10,13,20,23-24,26,29-30H,5-8,11-12,14-16H2,1-4H3. The first-order chi connectivity index (χ1) is 15.7. The number of hydrogen-bond acceptors (Lipinski definition) is 8. The van der Waals surface area contributed by atoms with E-state index in [-0.39, 0.29) is 17.8 Å². The van der Waals surface area contributed by atoms with Crippen LogP contribution < -0.4 is 10.1 Å². The average molecular weight is 466 g/mol. The molecule has 0 aliphatic carbocycles. The first kappa shape index (κ1) is 26.9. The van der Waals surface area contributed by atoms with Crippen LogP contribution in [0.4, 0.5) is 0 Å². The number of unbranched alkanes of at least 4 members (excludes halogenated alkanes) is 2. The van der Waals surface area contributed by atoms with Crippen LogP contribution in [0.5, 0.6) is 11.5 Å². The normalized spacial score (nSPS) is 22.3. The molecule has 8 nitrogen and oxygen atoms in total. The molecule has 1 fully saturated rings. The number of carbonyl (C=O) groups excluding carboxylic acids is 2. The molecule has 1 heterocycles. The molecular weight excluding hydrogens is 426 g/mol. The van der Waals surface area contributed by atoms with E-state index in [0.29, 0.717) is 44.4 Å². The van der Waals surface area contributed by atoms with Gasteiger partial charge in [-0.15, -0.1) is 0 Å². The fourth-order valence-electron chi connectivity index (χ4n) is 4.80. The van der Waals surface area contributed by atoms with Gasteiger partial charge in [-0.3, -0.25) is 14.9 Å². The first-order valence-corrected chi connectivity index (χ1v) is 11.8. The van der Waals surface area contributed by atoms with Crippen molar-refractivity contribution in [3.63, 3.8) is 0 Å². The lowest BCUT2D eigenvalue weighted by Crippen LogP contribution is -2.52. The molecule has 186 valence electrons. The van der Waals surface area contributed by atoms with Crippen molar-refractivity contribution in [3.05, 3.63) is 23.8 Å². The van der Waals surface area contributed by atoms with Crippen LogP contribution >= 0.6 is 0 Å². The second-order valence-corrected chi connectivity index (χ2v) is 9.03. The van der Waals surface area contributed by atoms with Crippen LogP contribution in [0.2, 0.25) is 0 Å². The number of benzene rings is 1. The zero-order valence-electron chi connectivity index (χ0n) is 20.3. The molecule has 1 aromatic rings. The van der Waals surface area contributed by atoms with Gasteiger partial charge in [-0.05, 0) is 56.3 Å². The Kier molecular flexibility index (Phi) is 10.4. The number of piperidine rings is 1. The Hall–Kier alpha value is -2.32. The van der Waals surface area contributed by atoms with Crippen LogP contribution in [0.25, 0.3) is 0 Å². The Balaban J connectivity index is 2.39. The molecule has 33 heavy (non-hydrogen) atoms. The van der Waals surface area contributed by atoms with Gasteiger partial charge in [0.15, 0.2) is 11.5 Å². The van der Waals surface area contributed by atoms with Crippen molar-refractivity contribution >= 4 is 11.9 Å². The molecule has 0 aromatic heterocycles. The number of rotatable bonds is 12. The molecule has 0 saturated carbocycles. The van der Waals surface area contributed by atoms with Gasteiger partial charge in [0.1, 0.15) is 18.4 Å². The molecule has 0 spiro atoms. The van der Waals surface area contributed by atoms with Crippen molar-refractivity contribution in [2.75, 3.05) is 13.7 Å². The number of hydrogen-bond donors (Lipinski definition) is 3. The molecule has 4 unspecified atom stereocenters. The van der Waals surface area contributed by atoms with Crippen LogP contribution in [0.3, 0.4) is 0 Å². The largest absolute Gasteiger partial charge is 0.504 e. The van der Waals surface area contributed by atoms with Gasteiger partial charge in [0.05, 0.1) is 7.11 Å². The maximum Gasteiger partial charge on any atom is 0.302 e. The van der Waals surface area contributed by atoms with Gasteiger partial charge >= 0.3 is 11.9 Å². The van der Waals surface area contributed by atoms with E-state index in [2.05, 4.69) is 12.2 Å². The molecule has 0 radical (unpaired) electrons. The van der Waals surface area contributed by atoms with E-state index >= 15 is 0 Å². The van der Waals surface area contributed by atoms with Gasteiger partial charge in [-0.2, -0.15) is 0 Å². The minimum atomic E-state index is -0.747. The van der Waals surface area contributed by atoms with Crippen molar-refractivity contribution in [2.45, 2.75) is 90.6 Å². The molecule has 1 aliphatic rings. The predicted molar refractivity (Wildman–Crippen MR) is 124 cm³/mol. The molecule has 8 heteroatoms. The lowest BCUT2D eigenvalue weighted by atomic mass is 9.68. The third-order valence-corrected chi connectivity index (χ3v) is 6.33. The van der Waals surface area contributed by atoms with E-state index in [9.17, 15) is 19.8 Å². The Morgan fingerprint density at radius 1 is 1.21 bits per heavy atom. The Morgan fingerprint density at radius 2 is 1.94 bits per heavy atom. The summed E-state index contributed by atoms with van der Waals surface area (Å²) in [6.07, 6.45) is 3.89. The first-order valence-electron chi connectivity index (χ1n) is 11.8. The molecular formula is C25H39NO7. The number of aromatic hydroxyl groups is 1. The zero-order valence-corrected chi connectivity index (χ0v) is 20.3. The number of nitrogens with one attached hydrogen (secondary N) is 1. The Morgan fingerprint density at radius 3 is 2.55 bits per heavy atom. The van der Waals surface area contributed by atoms with E-state index in [1.807, 2.05) is 6.07 Å². The molecule has 0 bridgehead atoms. The van der Waals surface area contributed by atoms with Crippen LogP contribution in [-0.2, 0) is 25.5 Å². The topological polar surface area (TPSA) is 114 Å². The van der Waals surface area contributed by atoms with E-state index in [4.69, 9.17) is 14.2 Å². The number of methoxy groups -OCH3 is 1. The van der Waals surface area contributed by atoms with Crippen LogP contribution in [0, 0.1) is 5.41 Å². The number of aliphatic hydroxyl groups is 1. The maximum atomic E-state index is 12.1. The monoisotopic (exact) mass is 465 g/mol. The van der Waals surface area contributed by atoms with E-state index < -0.39 is 23.7 Å². The van der Waals surface area contributed by atoms with E-state index in [1.165, 1.54) is 21.0 Å². The van der Waals surface area contributed by atoms with Crippen molar-refractivity contribution in [3.8, 4) is 11.5 Å². The van der Waals surface area contributed by atoms with E-state index in [1.54, 1.807) is 12.1 Å². The number of phenolic OH excluding ortho intramolecular Hbond substituents is 1. The predicted octanol–water partition coefficient (Wildman–Crippen LogP) is 3.47. The summed E-state index contributed by atoms with van der Waals surface area (Å²) in [6.45, 7) is 5.43. The number of esters is 2. The summed E-state index contributed by atoms with van der Waals surface area (Å²) in [5.74, 6) is -0.367. The summed E-state index contributed by atoms with van der Waals surface area (Å²) in [5.41, 5.74) is 0.313. The summed E-state index contributed by atoms with van der Waals surface area (Å²) >= 11 is 0. The summed E-state index contributed by atoms with van der Waals surface area (Å²) in [5, 5.41) is 23.5. The van der Waals surface area contributed by atoms with Crippen LogP contribution in [0.15, 0.2) is 18.2 Å². The van der Waals surface area contributed by atoms with Crippen LogP contribution in [-0.4, -0.2) is 54.2 Å². The van der Waals surface area contributed by atoms with Gasteiger partial charge in [0.25, 0.3) is 0 Å². The van der Waals surface area contributed by atoms with Crippen molar-refractivity contribution in [1.29, 1.82) is 0 Å². The van der Waals surface area contributed by atoms with Crippen molar-refractivity contribution < 1.29 is 34.0 Å². The molecule has 0 amide bonds. The second-order valence-electron chi connectivity index (χ2n) is 9.03. The van der Waals surface area contributed by atoms with E-state index in [0.717, 1.165) is 24.8 Å². The minimum absolute atomic E-state index is 0.0445. The highest BCUT2D eigenvalue weighted by Crippen LogP contribution is 2.43. The van der Waals surface area contributed by atoms with Crippen molar-refractivity contribution in [2.24, 2.45) is 5.41 Å². The van der Waals surface area contributed by atoms with Gasteiger partial charge in [-0.25, -0.2) is 0 Å². The third-order valence-electron chi connectivity index (χ3n) is 6.33. The smallest absolute Gasteiger partial charge is 0.302 e. The lowest BCUT2D eigenvalue weighted by molar-refractivity contribution is -0.165. The van der Waals surface area contributed by atoms with Gasteiger partial charge in [-0.1, -0.05) is 25.8 Å². The summed E-state index contributed by atoms with van der Waals surface area (Å²) in [4.78, 5) is 23.9. The summed E-state index contributed by atoms with van der Waals surface area (Å²) in [6, 6.07) is 5.15. The fourth-order valence-corrected chi connectivity index (χ4v) is 4.80. The third kappa shape index (κ3) is 8.19. The minimum Gasteiger partial charge on any atom is -0.504 e. The van der Waals surface area contributed by atoms with Gasteiger partial charge in [0, 0.05) is 25.7 Å². The fraction of sp³-hybridized carbons (Fsp3) is 0.680. The average Bonchev–Trinajstić information content (AvgIpc) is 2.74. The van der Waals surface area contributed by atoms with Gasteiger partial charge < -0.3 is 24.4 Å². The molecule has 4 atom stereocenters. The molecule has 1 saturated heterocycles. The second kappa shape index (κ2) is 12.8. The Bertz CT molecular complexity index is 784.